The third kappa shape index (κ3) is 3.08. The first-order valence-corrected chi connectivity index (χ1v) is 9.91. The van der Waals surface area contributed by atoms with Gasteiger partial charge >= 0.3 is 0 Å². The molecule has 2 heterocycles. The summed E-state index contributed by atoms with van der Waals surface area (Å²) in [5.41, 5.74) is 4.86. The molecule has 0 aliphatic heterocycles. The van der Waals surface area contributed by atoms with E-state index in [2.05, 4.69) is 10.1 Å². The normalized spacial score (nSPS) is 16.1. The van der Waals surface area contributed by atoms with Crippen molar-refractivity contribution in [3.8, 4) is 11.1 Å². The van der Waals surface area contributed by atoms with Crippen LogP contribution in [0.4, 0.5) is 8.78 Å². The monoisotopic (exact) mass is 423 g/mol. The van der Waals surface area contributed by atoms with Crippen LogP contribution >= 0.6 is 11.6 Å². The van der Waals surface area contributed by atoms with Gasteiger partial charge in [-0.05, 0) is 54.7 Å². The summed E-state index contributed by atoms with van der Waals surface area (Å²) in [4.78, 5) is 17.3. The van der Waals surface area contributed by atoms with E-state index in [9.17, 15) is 13.6 Å². The molecular weight excluding hydrogens is 408 g/mol. The second-order valence-corrected chi connectivity index (χ2v) is 7.99. The molecule has 1 unspecified atom stereocenters. The quantitative estimate of drug-likeness (QED) is 0.424. The van der Waals surface area contributed by atoms with Gasteiger partial charge in [0.25, 0.3) is 0 Å². The van der Waals surface area contributed by atoms with E-state index in [4.69, 9.17) is 11.6 Å². The average Bonchev–Trinajstić information content (AvgIpc) is 3.04. The second-order valence-electron chi connectivity index (χ2n) is 7.55. The Labute approximate surface area is 176 Å². The van der Waals surface area contributed by atoms with Crippen molar-refractivity contribution < 1.29 is 13.6 Å². The number of hydrogen-bond acceptors (Lipinski definition) is 3. The van der Waals surface area contributed by atoms with Gasteiger partial charge in [-0.3, -0.25) is 4.79 Å². The fraction of sp³-hybridized carbons (Fsp3) is 0.174. The maximum absolute atomic E-state index is 13.7. The number of Topliss-reactive ketones (excluding diaryl/α,β-unsaturated/α-hetero) is 1. The highest BCUT2D eigenvalue weighted by molar-refractivity contribution is 6.30. The second kappa shape index (κ2) is 6.99. The van der Waals surface area contributed by atoms with Crippen LogP contribution in [-0.2, 0) is 6.42 Å². The number of hydrogen-bond donors (Lipinski definition) is 0. The SMILES string of the molecule is Cc1nn2c3c(cnc2c1-c1ccc(Cl)cc1)C(=O)CC(c1cc(F)cc(F)c1)C3. The van der Waals surface area contributed by atoms with Crippen molar-refractivity contribution >= 4 is 23.0 Å². The standard InChI is InChI=1S/C23H16ClF2N3O/c1-12-22(13-2-4-16(24)5-3-13)23-27-11-19-20(29(23)28-12)8-15(9-21(19)30)14-6-17(25)10-18(26)7-14/h2-7,10-11,15H,8-9H2,1H3. The number of nitrogens with zero attached hydrogens (tertiary/aromatic N) is 3. The van der Waals surface area contributed by atoms with Crippen LogP contribution in [0.15, 0.2) is 48.7 Å². The van der Waals surface area contributed by atoms with Crippen LogP contribution in [0.2, 0.25) is 5.02 Å². The van der Waals surface area contributed by atoms with Gasteiger partial charge in [-0.1, -0.05) is 23.7 Å². The number of carbonyl (C=O) groups excluding carboxylic acids is 1. The Balaban J connectivity index is 1.65. The summed E-state index contributed by atoms with van der Waals surface area (Å²) < 4.78 is 29.2. The van der Waals surface area contributed by atoms with E-state index in [1.165, 1.54) is 12.1 Å². The number of halogens is 3. The molecule has 2 aromatic carbocycles. The molecule has 5 rings (SSSR count). The van der Waals surface area contributed by atoms with Crippen molar-refractivity contribution in [2.24, 2.45) is 0 Å². The molecule has 150 valence electrons. The summed E-state index contributed by atoms with van der Waals surface area (Å²) in [6.07, 6.45) is 2.19. The number of fused-ring (bicyclic) bond motifs is 3. The highest BCUT2D eigenvalue weighted by Crippen LogP contribution is 2.35. The van der Waals surface area contributed by atoms with Crippen LogP contribution < -0.4 is 0 Å². The molecule has 0 bridgehead atoms. The van der Waals surface area contributed by atoms with Crippen LogP contribution in [0.25, 0.3) is 16.8 Å². The number of benzene rings is 2. The lowest BCUT2D eigenvalue weighted by Gasteiger charge is -2.24. The summed E-state index contributed by atoms with van der Waals surface area (Å²) in [6.45, 7) is 1.88. The molecule has 7 heteroatoms. The van der Waals surface area contributed by atoms with E-state index in [1.54, 1.807) is 22.8 Å². The fourth-order valence-electron chi connectivity index (χ4n) is 4.21. The van der Waals surface area contributed by atoms with Crippen LogP contribution in [0.1, 0.15) is 39.6 Å². The van der Waals surface area contributed by atoms with Crippen molar-refractivity contribution in [3.05, 3.63) is 87.8 Å². The molecule has 0 saturated heterocycles. The summed E-state index contributed by atoms with van der Waals surface area (Å²) >= 11 is 6.01. The highest BCUT2D eigenvalue weighted by Gasteiger charge is 2.30. The molecule has 1 aliphatic carbocycles. The predicted molar refractivity (Wildman–Crippen MR) is 110 cm³/mol. The number of aryl methyl sites for hydroxylation is 1. The Hall–Kier alpha value is -3.12. The lowest BCUT2D eigenvalue weighted by Crippen LogP contribution is -2.22. The Bertz CT molecular complexity index is 1290. The Morgan fingerprint density at radius 2 is 1.77 bits per heavy atom. The molecule has 30 heavy (non-hydrogen) atoms. The Morgan fingerprint density at radius 3 is 2.47 bits per heavy atom. The molecule has 1 atom stereocenters. The molecule has 4 nitrogen and oxygen atoms in total. The van der Waals surface area contributed by atoms with Gasteiger partial charge in [0.05, 0.1) is 17.0 Å². The Morgan fingerprint density at radius 1 is 1.07 bits per heavy atom. The smallest absolute Gasteiger partial charge is 0.166 e. The maximum Gasteiger partial charge on any atom is 0.166 e. The van der Waals surface area contributed by atoms with Gasteiger partial charge < -0.3 is 0 Å². The first kappa shape index (κ1) is 18.9. The van der Waals surface area contributed by atoms with Crippen LogP contribution in [0.5, 0.6) is 0 Å². The number of carbonyl (C=O) groups is 1. The Kier molecular flexibility index (Phi) is 4.40. The number of aromatic nitrogens is 3. The third-order valence-electron chi connectivity index (χ3n) is 5.58. The van der Waals surface area contributed by atoms with E-state index >= 15 is 0 Å². The minimum atomic E-state index is -0.650. The average molecular weight is 424 g/mol. The van der Waals surface area contributed by atoms with Crippen molar-refractivity contribution in [3.63, 3.8) is 0 Å². The number of rotatable bonds is 2. The van der Waals surface area contributed by atoms with Gasteiger partial charge in [0.1, 0.15) is 11.6 Å². The first-order valence-electron chi connectivity index (χ1n) is 9.53. The molecule has 0 fully saturated rings. The van der Waals surface area contributed by atoms with Crippen LogP contribution in [-0.4, -0.2) is 20.4 Å². The molecule has 0 saturated carbocycles. The molecular formula is C23H16ClF2N3O. The summed E-state index contributed by atoms with van der Waals surface area (Å²) in [6, 6.07) is 10.8. The van der Waals surface area contributed by atoms with Gasteiger partial charge in [0.15, 0.2) is 11.4 Å². The highest BCUT2D eigenvalue weighted by atomic mass is 35.5. The van der Waals surface area contributed by atoms with Crippen molar-refractivity contribution in [2.75, 3.05) is 0 Å². The summed E-state index contributed by atoms with van der Waals surface area (Å²) in [5.74, 6) is -1.74. The van der Waals surface area contributed by atoms with Gasteiger partial charge in [0, 0.05) is 29.3 Å². The minimum Gasteiger partial charge on any atom is -0.294 e. The van der Waals surface area contributed by atoms with E-state index in [0.717, 1.165) is 22.9 Å². The van der Waals surface area contributed by atoms with Crippen LogP contribution in [0.3, 0.4) is 0 Å². The molecule has 0 N–H and O–H groups in total. The molecule has 0 radical (unpaired) electrons. The molecule has 1 aliphatic rings. The van der Waals surface area contributed by atoms with E-state index < -0.39 is 11.6 Å². The van der Waals surface area contributed by atoms with E-state index in [-0.39, 0.29) is 18.1 Å². The topological polar surface area (TPSA) is 47.3 Å². The van der Waals surface area contributed by atoms with Crippen molar-refractivity contribution in [2.45, 2.75) is 25.7 Å². The van der Waals surface area contributed by atoms with E-state index in [1.807, 2.05) is 19.1 Å². The third-order valence-corrected chi connectivity index (χ3v) is 5.83. The lowest BCUT2D eigenvalue weighted by molar-refractivity contribution is 0.0962. The largest absolute Gasteiger partial charge is 0.294 e. The van der Waals surface area contributed by atoms with Gasteiger partial charge in [-0.2, -0.15) is 5.10 Å². The summed E-state index contributed by atoms with van der Waals surface area (Å²) in [7, 11) is 0. The van der Waals surface area contributed by atoms with Gasteiger partial charge in [-0.15, -0.1) is 0 Å². The van der Waals surface area contributed by atoms with E-state index in [0.29, 0.717) is 33.9 Å². The molecule has 0 spiro atoms. The van der Waals surface area contributed by atoms with Crippen molar-refractivity contribution in [1.82, 2.24) is 14.6 Å². The zero-order chi connectivity index (χ0) is 21.0. The summed E-state index contributed by atoms with van der Waals surface area (Å²) in [5, 5.41) is 5.28. The first-order chi connectivity index (χ1) is 14.4. The lowest BCUT2D eigenvalue weighted by atomic mass is 9.82. The zero-order valence-corrected chi connectivity index (χ0v) is 16.8. The number of ketones is 1. The minimum absolute atomic E-state index is 0.110. The van der Waals surface area contributed by atoms with Gasteiger partial charge in [-0.25, -0.2) is 18.3 Å². The van der Waals surface area contributed by atoms with Crippen molar-refractivity contribution in [1.29, 1.82) is 0 Å². The van der Waals surface area contributed by atoms with Gasteiger partial charge in [0.2, 0.25) is 0 Å². The van der Waals surface area contributed by atoms with Crippen LogP contribution in [0, 0.1) is 18.6 Å². The predicted octanol–water partition coefficient (Wildman–Crippen LogP) is 5.55. The fourth-order valence-corrected chi connectivity index (χ4v) is 4.33. The molecule has 4 aromatic rings. The zero-order valence-electron chi connectivity index (χ0n) is 16.0. The molecule has 0 amide bonds. The maximum atomic E-state index is 13.7. The molecule has 2 aromatic heterocycles.